The molecule has 2 heterocycles. The summed E-state index contributed by atoms with van der Waals surface area (Å²) in [5, 5.41) is 2.53. The van der Waals surface area contributed by atoms with Gasteiger partial charge in [0.2, 0.25) is 0 Å². The number of aromatic nitrogens is 1. The number of pyridine rings is 1. The van der Waals surface area contributed by atoms with Crippen molar-refractivity contribution in [3.8, 4) is 0 Å². The van der Waals surface area contributed by atoms with Crippen molar-refractivity contribution in [2.24, 2.45) is 0 Å². The maximum atomic E-state index is 6.18. The zero-order valence-corrected chi connectivity index (χ0v) is 12.1. The molecule has 1 fully saturated rings. The first-order chi connectivity index (χ1) is 8.77. The fourth-order valence-electron chi connectivity index (χ4n) is 2.19. The van der Waals surface area contributed by atoms with Gasteiger partial charge >= 0.3 is 0 Å². The predicted octanol–water partition coefficient (Wildman–Crippen LogP) is 5.01. The fourth-order valence-corrected chi connectivity index (χ4v) is 3.60. The summed E-state index contributed by atoms with van der Waals surface area (Å²) >= 11 is 8.02. The molecular formula is C15H18ClNS. The molecule has 2 aromatic rings. The number of nitrogens with zero attached hydrogens (tertiary/aromatic N) is 1. The van der Waals surface area contributed by atoms with Gasteiger partial charge in [0.1, 0.15) is 0 Å². The van der Waals surface area contributed by atoms with Crippen LogP contribution in [0.3, 0.4) is 0 Å². The minimum absolute atomic E-state index is 0.397. The molecular weight excluding hydrogens is 262 g/mol. The summed E-state index contributed by atoms with van der Waals surface area (Å²) in [4.78, 5) is 5.45. The molecule has 1 saturated carbocycles. The monoisotopic (exact) mass is 279 g/mol. The van der Waals surface area contributed by atoms with Gasteiger partial charge < -0.3 is 0 Å². The van der Waals surface area contributed by atoms with Crippen molar-refractivity contribution >= 4 is 22.9 Å². The van der Waals surface area contributed by atoms with Gasteiger partial charge in [0.25, 0.3) is 0 Å². The van der Waals surface area contributed by atoms with E-state index in [1.54, 1.807) is 6.20 Å². The predicted molar refractivity (Wildman–Crippen MR) is 79.5 cm³/mol. The number of halogens is 1. The zero-order valence-electron chi connectivity index (χ0n) is 10.6. The average molecular weight is 280 g/mol. The Balaban J connectivity index is 0.000000149. The second-order valence-corrected chi connectivity index (χ2v) is 6.08. The topological polar surface area (TPSA) is 12.9 Å². The summed E-state index contributed by atoms with van der Waals surface area (Å²) in [6.45, 7) is 1.97. The normalized spacial score (nSPS) is 22.3. The van der Waals surface area contributed by atoms with Crippen LogP contribution in [0.5, 0.6) is 0 Å². The number of hydrogen-bond donors (Lipinski definition) is 0. The van der Waals surface area contributed by atoms with Crippen LogP contribution in [0.2, 0.25) is 0 Å². The number of rotatable bonds is 1. The summed E-state index contributed by atoms with van der Waals surface area (Å²) in [5.74, 6) is 0.650. The largest absolute Gasteiger partial charge is 0.262 e. The van der Waals surface area contributed by atoms with E-state index in [1.807, 2.05) is 36.5 Å². The van der Waals surface area contributed by atoms with Crippen LogP contribution in [0.15, 0.2) is 41.9 Å². The molecule has 1 aliphatic carbocycles. The van der Waals surface area contributed by atoms with Crippen molar-refractivity contribution in [1.82, 2.24) is 4.98 Å². The van der Waals surface area contributed by atoms with Crippen LogP contribution < -0.4 is 0 Å². The van der Waals surface area contributed by atoms with Crippen LogP contribution in [0.1, 0.15) is 35.8 Å². The minimum atomic E-state index is 0.397. The minimum Gasteiger partial charge on any atom is -0.262 e. The first-order valence-corrected chi connectivity index (χ1v) is 7.64. The third-order valence-corrected chi connectivity index (χ3v) is 4.68. The Hall–Kier alpha value is -0.860. The molecule has 0 aliphatic heterocycles. The van der Waals surface area contributed by atoms with Gasteiger partial charge in [0, 0.05) is 28.1 Å². The molecule has 3 heteroatoms. The zero-order chi connectivity index (χ0) is 12.8. The first-order valence-electron chi connectivity index (χ1n) is 6.32. The Labute approximate surface area is 118 Å². The van der Waals surface area contributed by atoms with Gasteiger partial charge in [0.15, 0.2) is 0 Å². The molecule has 1 nitrogen and oxygen atoms in total. The highest BCUT2D eigenvalue weighted by Gasteiger charge is 2.26. The summed E-state index contributed by atoms with van der Waals surface area (Å²) in [6, 6.07) is 10.2. The van der Waals surface area contributed by atoms with Crippen LogP contribution in [0.4, 0.5) is 0 Å². The van der Waals surface area contributed by atoms with E-state index in [9.17, 15) is 0 Å². The molecule has 2 unspecified atom stereocenters. The Kier molecular flexibility index (Phi) is 5.21. The lowest BCUT2D eigenvalue weighted by Crippen LogP contribution is -2.02. The molecule has 18 heavy (non-hydrogen) atoms. The standard InChI is InChI=1S/C9H11ClS.C6H7N/c10-8-4-1-3-7(8)9-5-2-6-11-9;1-6-4-2-3-5-7-6/h2,5-8H,1,3-4H2;2-5H,1H3. The van der Waals surface area contributed by atoms with E-state index in [0.717, 1.165) is 5.69 Å². The van der Waals surface area contributed by atoms with Crippen molar-refractivity contribution < 1.29 is 0 Å². The van der Waals surface area contributed by atoms with Crippen molar-refractivity contribution in [2.45, 2.75) is 37.5 Å². The van der Waals surface area contributed by atoms with Crippen molar-refractivity contribution in [3.63, 3.8) is 0 Å². The van der Waals surface area contributed by atoms with Gasteiger partial charge in [-0.15, -0.1) is 22.9 Å². The van der Waals surface area contributed by atoms with Gasteiger partial charge in [0.05, 0.1) is 0 Å². The molecule has 0 bridgehead atoms. The van der Waals surface area contributed by atoms with E-state index in [4.69, 9.17) is 11.6 Å². The lowest BCUT2D eigenvalue weighted by Gasteiger charge is -2.10. The third-order valence-electron chi connectivity index (χ3n) is 3.15. The Bertz CT molecular complexity index is 441. The van der Waals surface area contributed by atoms with Crippen molar-refractivity contribution in [1.29, 1.82) is 0 Å². The van der Waals surface area contributed by atoms with Crippen LogP contribution in [-0.2, 0) is 0 Å². The highest BCUT2D eigenvalue weighted by Crippen LogP contribution is 2.39. The summed E-state index contributed by atoms with van der Waals surface area (Å²) in [5.41, 5.74) is 1.07. The van der Waals surface area contributed by atoms with Gasteiger partial charge in [-0.1, -0.05) is 18.6 Å². The Morgan fingerprint density at radius 2 is 2.11 bits per heavy atom. The number of thiophene rings is 1. The second kappa shape index (κ2) is 6.91. The molecule has 0 radical (unpaired) electrons. The number of hydrogen-bond acceptors (Lipinski definition) is 2. The molecule has 2 aromatic heterocycles. The summed E-state index contributed by atoms with van der Waals surface area (Å²) in [7, 11) is 0. The molecule has 0 aromatic carbocycles. The summed E-state index contributed by atoms with van der Waals surface area (Å²) < 4.78 is 0. The molecule has 0 N–H and O–H groups in total. The molecule has 96 valence electrons. The van der Waals surface area contributed by atoms with Gasteiger partial charge in [-0.3, -0.25) is 4.98 Å². The van der Waals surface area contributed by atoms with Crippen molar-refractivity contribution in [3.05, 3.63) is 52.5 Å². The van der Waals surface area contributed by atoms with E-state index in [0.29, 0.717) is 11.3 Å². The van der Waals surface area contributed by atoms with E-state index in [-0.39, 0.29) is 0 Å². The Morgan fingerprint density at radius 3 is 2.56 bits per heavy atom. The molecule has 3 rings (SSSR count). The maximum Gasteiger partial charge on any atom is 0.0412 e. The smallest absolute Gasteiger partial charge is 0.0412 e. The van der Waals surface area contributed by atoms with Crippen LogP contribution in [-0.4, -0.2) is 10.4 Å². The number of aryl methyl sites for hydroxylation is 1. The van der Waals surface area contributed by atoms with Crippen LogP contribution in [0, 0.1) is 6.92 Å². The van der Waals surface area contributed by atoms with Gasteiger partial charge in [-0.05, 0) is 43.3 Å². The van der Waals surface area contributed by atoms with E-state index < -0.39 is 0 Å². The van der Waals surface area contributed by atoms with Crippen LogP contribution >= 0.6 is 22.9 Å². The molecule has 0 saturated heterocycles. The molecule has 1 aliphatic rings. The van der Waals surface area contributed by atoms with Crippen molar-refractivity contribution in [2.75, 3.05) is 0 Å². The third kappa shape index (κ3) is 3.82. The maximum absolute atomic E-state index is 6.18. The van der Waals surface area contributed by atoms with E-state index in [2.05, 4.69) is 22.5 Å². The molecule has 2 atom stereocenters. The number of alkyl halides is 1. The lowest BCUT2D eigenvalue weighted by molar-refractivity contribution is 0.745. The lowest BCUT2D eigenvalue weighted by atomic mass is 10.1. The molecule has 0 spiro atoms. The quantitative estimate of drug-likeness (QED) is 0.669. The van der Waals surface area contributed by atoms with Crippen LogP contribution in [0.25, 0.3) is 0 Å². The van der Waals surface area contributed by atoms with Gasteiger partial charge in [-0.25, -0.2) is 0 Å². The second-order valence-electron chi connectivity index (χ2n) is 4.54. The SMILES string of the molecule is Cc1ccccn1.ClC1CCCC1c1cccs1. The first kappa shape index (κ1) is 13.6. The highest BCUT2D eigenvalue weighted by molar-refractivity contribution is 7.10. The van der Waals surface area contributed by atoms with E-state index in [1.165, 1.54) is 24.1 Å². The highest BCUT2D eigenvalue weighted by atomic mass is 35.5. The Morgan fingerprint density at radius 1 is 1.22 bits per heavy atom. The van der Waals surface area contributed by atoms with E-state index >= 15 is 0 Å². The van der Waals surface area contributed by atoms with Gasteiger partial charge in [-0.2, -0.15) is 0 Å². The summed E-state index contributed by atoms with van der Waals surface area (Å²) in [6.07, 6.45) is 5.57. The average Bonchev–Trinajstić information content (AvgIpc) is 3.01. The molecule has 0 amide bonds. The fraction of sp³-hybridized carbons (Fsp3) is 0.400.